The average molecular weight is 325 g/mol. The molecular formula is C18H32O3Si. The molecular weight excluding hydrogens is 292 g/mol. The topological polar surface area (TPSA) is 27.7 Å². The molecule has 0 aromatic carbocycles. The van der Waals surface area contributed by atoms with Crippen LogP contribution in [0.1, 0.15) is 39.0 Å². The minimum atomic E-state index is -1.56. The van der Waals surface area contributed by atoms with Crippen molar-refractivity contribution in [1.29, 1.82) is 0 Å². The van der Waals surface area contributed by atoms with Crippen LogP contribution < -0.4 is 0 Å². The van der Waals surface area contributed by atoms with Crippen LogP contribution in [0.3, 0.4) is 0 Å². The van der Waals surface area contributed by atoms with E-state index in [2.05, 4.69) is 33.1 Å². The van der Waals surface area contributed by atoms with E-state index in [9.17, 15) is 0 Å². The average Bonchev–Trinajstić information content (AvgIpc) is 2.91. The quantitative estimate of drug-likeness (QED) is 0.494. The van der Waals surface area contributed by atoms with E-state index < -0.39 is 8.32 Å². The maximum atomic E-state index is 6.42. The third kappa shape index (κ3) is 5.25. The van der Waals surface area contributed by atoms with E-state index >= 15 is 0 Å². The van der Waals surface area contributed by atoms with E-state index in [-0.39, 0.29) is 6.29 Å². The lowest BCUT2D eigenvalue weighted by Gasteiger charge is -2.35. The van der Waals surface area contributed by atoms with Crippen LogP contribution >= 0.6 is 0 Å². The first-order valence-corrected chi connectivity index (χ1v) is 12.0. The Morgan fingerprint density at radius 1 is 1.23 bits per heavy atom. The van der Waals surface area contributed by atoms with Crippen molar-refractivity contribution >= 4 is 8.32 Å². The minimum Gasteiger partial charge on any atom is -0.547 e. The lowest BCUT2D eigenvalue weighted by molar-refractivity contribution is -0.0501. The van der Waals surface area contributed by atoms with E-state index in [4.69, 9.17) is 13.9 Å². The Morgan fingerprint density at radius 3 is 2.50 bits per heavy atom. The fourth-order valence-corrected chi connectivity index (χ4v) is 4.46. The second kappa shape index (κ2) is 7.80. The molecule has 126 valence electrons. The first kappa shape index (κ1) is 17.8. The van der Waals surface area contributed by atoms with E-state index in [1.165, 1.54) is 17.8 Å². The van der Waals surface area contributed by atoms with Crippen molar-refractivity contribution in [3.63, 3.8) is 0 Å². The van der Waals surface area contributed by atoms with Gasteiger partial charge in [0, 0.05) is 6.42 Å². The molecule has 2 aliphatic rings. The second-order valence-corrected chi connectivity index (χ2v) is 12.1. The van der Waals surface area contributed by atoms with Crippen molar-refractivity contribution in [1.82, 2.24) is 0 Å². The summed E-state index contributed by atoms with van der Waals surface area (Å²) in [6.07, 6.45) is 7.41. The van der Waals surface area contributed by atoms with Crippen LogP contribution in [0, 0.1) is 11.8 Å². The van der Waals surface area contributed by atoms with Crippen molar-refractivity contribution in [3.8, 4) is 0 Å². The van der Waals surface area contributed by atoms with E-state index in [1.807, 2.05) is 6.08 Å². The van der Waals surface area contributed by atoms with Gasteiger partial charge in [-0.15, -0.1) is 6.58 Å². The molecule has 4 heteroatoms. The summed E-state index contributed by atoms with van der Waals surface area (Å²) in [4.78, 5) is 0. The van der Waals surface area contributed by atoms with Crippen molar-refractivity contribution in [2.24, 2.45) is 11.8 Å². The molecule has 0 aromatic heterocycles. The van der Waals surface area contributed by atoms with Crippen LogP contribution in [0.15, 0.2) is 24.0 Å². The summed E-state index contributed by atoms with van der Waals surface area (Å²) in [5.74, 6) is 2.53. The number of ether oxygens (including phenoxy) is 2. The molecule has 0 amide bonds. The molecule has 1 aliphatic carbocycles. The third-order valence-corrected chi connectivity index (χ3v) is 5.17. The smallest absolute Gasteiger partial charge is 0.241 e. The molecule has 3 nitrogen and oxygen atoms in total. The summed E-state index contributed by atoms with van der Waals surface area (Å²) >= 11 is 0. The Labute approximate surface area is 136 Å². The fourth-order valence-electron chi connectivity index (χ4n) is 3.50. The van der Waals surface area contributed by atoms with Crippen molar-refractivity contribution in [3.05, 3.63) is 24.0 Å². The van der Waals surface area contributed by atoms with Gasteiger partial charge in [-0.1, -0.05) is 13.0 Å². The normalized spacial score (nSPS) is 27.3. The summed E-state index contributed by atoms with van der Waals surface area (Å²) in [5, 5.41) is 0. The highest BCUT2D eigenvalue weighted by Crippen LogP contribution is 2.40. The maximum Gasteiger partial charge on any atom is 0.241 e. The fraction of sp³-hybridized carbons (Fsp3) is 0.778. The highest BCUT2D eigenvalue weighted by molar-refractivity contribution is 6.70. The molecule has 0 saturated carbocycles. The SMILES string of the molecule is C=CCC1=C(O[Si](C)(C)C)C[C@H](C)C[C@H]1CCC1OCCO1. The highest BCUT2D eigenvalue weighted by Gasteiger charge is 2.31. The summed E-state index contributed by atoms with van der Waals surface area (Å²) in [6.45, 7) is 14.6. The van der Waals surface area contributed by atoms with Gasteiger partial charge in [-0.2, -0.15) is 0 Å². The van der Waals surface area contributed by atoms with Gasteiger partial charge >= 0.3 is 0 Å². The molecule has 0 unspecified atom stereocenters. The first-order valence-electron chi connectivity index (χ1n) is 8.64. The van der Waals surface area contributed by atoms with Gasteiger partial charge in [-0.3, -0.25) is 0 Å². The standard InChI is InChI=1S/C18H32O3Si/c1-6-7-16-15(8-9-18-19-10-11-20-18)12-14(2)13-17(16)21-22(3,4)5/h6,14-15,18H,1,7-13H2,2-5H3/t14-,15-/m1/s1. The molecule has 1 heterocycles. The predicted octanol–water partition coefficient (Wildman–Crippen LogP) is 4.87. The van der Waals surface area contributed by atoms with Crippen LogP contribution in [0.4, 0.5) is 0 Å². The van der Waals surface area contributed by atoms with Gasteiger partial charge in [0.15, 0.2) is 6.29 Å². The zero-order valence-corrected chi connectivity index (χ0v) is 15.7. The van der Waals surface area contributed by atoms with Gasteiger partial charge in [0.05, 0.1) is 19.0 Å². The Hall–Kier alpha value is -0.583. The lowest BCUT2D eigenvalue weighted by atomic mass is 9.77. The minimum absolute atomic E-state index is 0.00331. The van der Waals surface area contributed by atoms with Crippen molar-refractivity contribution in [2.45, 2.75) is 65.0 Å². The molecule has 1 saturated heterocycles. The Bertz CT molecular complexity index is 405. The van der Waals surface area contributed by atoms with E-state index in [0.717, 1.165) is 38.9 Å². The van der Waals surface area contributed by atoms with Gasteiger partial charge in [-0.25, -0.2) is 0 Å². The van der Waals surface area contributed by atoms with Gasteiger partial charge in [-0.05, 0) is 62.7 Å². The van der Waals surface area contributed by atoms with Crippen LogP contribution in [-0.4, -0.2) is 27.8 Å². The number of allylic oxidation sites excluding steroid dienone is 3. The van der Waals surface area contributed by atoms with E-state index in [0.29, 0.717) is 11.8 Å². The molecule has 2 rings (SSSR count). The molecule has 0 bridgehead atoms. The monoisotopic (exact) mass is 324 g/mol. The van der Waals surface area contributed by atoms with E-state index in [1.54, 1.807) is 0 Å². The van der Waals surface area contributed by atoms with Crippen molar-refractivity contribution < 1.29 is 13.9 Å². The maximum absolute atomic E-state index is 6.42. The molecule has 0 spiro atoms. The Kier molecular flexibility index (Phi) is 6.30. The third-order valence-electron chi connectivity index (χ3n) is 4.31. The van der Waals surface area contributed by atoms with Gasteiger partial charge in [0.1, 0.15) is 0 Å². The molecule has 2 atom stereocenters. The zero-order chi connectivity index (χ0) is 16.2. The van der Waals surface area contributed by atoms with Crippen LogP contribution in [0.2, 0.25) is 19.6 Å². The lowest BCUT2D eigenvalue weighted by Crippen LogP contribution is -2.29. The summed E-state index contributed by atoms with van der Waals surface area (Å²) < 4.78 is 17.6. The number of rotatable bonds is 7. The summed E-state index contributed by atoms with van der Waals surface area (Å²) in [5.41, 5.74) is 1.48. The van der Waals surface area contributed by atoms with Gasteiger partial charge in [0.25, 0.3) is 0 Å². The number of hydrogen-bond acceptors (Lipinski definition) is 3. The van der Waals surface area contributed by atoms with Crippen LogP contribution in [0.25, 0.3) is 0 Å². The Morgan fingerprint density at radius 2 is 1.91 bits per heavy atom. The molecule has 1 aliphatic heterocycles. The van der Waals surface area contributed by atoms with Gasteiger partial charge < -0.3 is 13.9 Å². The predicted molar refractivity (Wildman–Crippen MR) is 93.1 cm³/mol. The van der Waals surface area contributed by atoms with Crippen LogP contribution in [0.5, 0.6) is 0 Å². The molecule has 0 radical (unpaired) electrons. The highest BCUT2D eigenvalue weighted by atomic mass is 28.4. The van der Waals surface area contributed by atoms with Crippen LogP contribution in [-0.2, 0) is 13.9 Å². The first-order chi connectivity index (χ1) is 10.4. The molecule has 1 fully saturated rings. The summed E-state index contributed by atoms with van der Waals surface area (Å²) in [6, 6.07) is 0. The summed E-state index contributed by atoms with van der Waals surface area (Å²) in [7, 11) is -1.56. The largest absolute Gasteiger partial charge is 0.547 e. The molecule has 22 heavy (non-hydrogen) atoms. The second-order valence-electron chi connectivity index (χ2n) is 7.65. The zero-order valence-electron chi connectivity index (χ0n) is 14.7. The van der Waals surface area contributed by atoms with Gasteiger partial charge in [0.2, 0.25) is 8.32 Å². The van der Waals surface area contributed by atoms with Crippen molar-refractivity contribution in [2.75, 3.05) is 13.2 Å². The number of hydrogen-bond donors (Lipinski definition) is 0. The molecule has 0 aromatic rings. The molecule has 0 N–H and O–H groups in total. The Balaban J connectivity index is 2.09.